The van der Waals surface area contributed by atoms with Gasteiger partial charge in [-0.15, -0.1) is 0 Å². The lowest BCUT2D eigenvalue weighted by Crippen LogP contribution is -2.24. The Kier molecular flexibility index (Phi) is 5.99. The summed E-state index contributed by atoms with van der Waals surface area (Å²) in [5.74, 6) is 0.381. The van der Waals surface area contributed by atoms with Gasteiger partial charge in [0.1, 0.15) is 5.75 Å². The first-order valence-corrected chi connectivity index (χ1v) is 6.89. The third kappa shape index (κ3) is 3.64. The molecule has 1 unspecified atom stereocenters. The van der Waals surface area contributed by atoms with E-state index in [-0.39, 0.29) is 6.04 Å². The van der Waals surface area contributed by atoms with Crippen LogP contribution in [0.3, 0.4) is 0 Å². The van der Waals surface area contributed by atoms with Crippen molar-refractivity contribution in [3.05, 3.63) is 23.8 Å². The van der Waals surface area contributed by atoms with Crippen molar-refractivity contribution >= 4 is 5.69 Å². The molecule has 1 aromatic carbocycles. The van der Waals surface area contributed by atoms with Crippen LogP contribution in [0.25, 0.3) is 0 Å². The lowest BCUT2D eigenvalue weighted by molar-refractivity contribution is 0.457. The minimum atomic E-state index is 0.171. The summed E-state index contributed by atoms with van der Waals surface area (Å²) in [5.41, 5.74) is 2.07. The number of aromatic hydroxyl groups is 1. The van der Waals surface area contributed by atoms with E-state index >= 15 is 0 Å². The number of phenolic OH excluding ortho intramolecular Hbond substituents is 1. The summed E-state index contributed by atoms with van der Waals surface area (Å²) >= 11 is 0. The van der Waals surface area contributed by atoms with Crippen LogP contribution in [0.15, 0.2) is 18.2 Å². The molecule has 0 spiro atoms. The molecule has 0 radical (unpaired) electrons. The highest BCUT2D eigenvalue weighted by atomic mass is 16.3. The van der Waals surface area contributed by atoms with E-state index in [1.807, 2.05) is 26.1 Å². The van der Waals surface area contributed by atoms with Crippen LogP contribution in [0, 0.1) is 0 Å². The normalized spacial score (nSPS) is 12.4. The van der Waals surface area contributed by atoms with Gasteiger partial charge in [-0.3, -0.25) is 0 Å². The van der Waals surface area contributed by atoms with Crippen LogP contribution in [0.1, 0.15) is 45.2 Å². The zero-order chi connectivity index (χ0) is 13.5. The molecule has 1 atom stereocenters. The predicted octanol–water partition coefficient (Wildman–Crippen LogP) is 3.30. The third-order valence-corrected chi connectivity index (χ3v) is 3.27. The van der Waals surface area contributed by atoms with Crippen molar-refractivity contribution in [2.45, 2.75) is 39.7 Å². The summed E-state index contributed by atoms with van der Waals surface area (Å²) in [4.78, 5) is 2.33. The number of nitrogens with one attached hydrogen (secondary N) is 1. The molecular formula is C15H26N2O. The van der Waals surface area contributed by atoms with Crippen molar-refractivity contribution in [3.63, 3.8) is 0 Å². The van der Waals surface area contributed by atoms with Gasteiger partial charge in [0.05, 0.1) is 0 Å². The largest absolute Gasteiger partial charge is 0.508 e. The second-order valence-corrected chi connectivity index (χ2v) is 4.74. The van der Waals surface area contributed by atoms with Crippen molar-refractivity contribution < 1.29 is 5.11 Å². The molecular weight excluding hydrogens is 224 g/mol. The van der Waals surface area contributed by atoms with Gasteiger partial charge < -0.3 is 15.3 Å². The molecule has 0 aliphatic rings. The zero-order valence-electron chi connectivity index (χ0n) is 12.0. The van der Waals surface area contributed by atoms with Gasteiger partial charge >= 0.3 is 0 Å². The maximum Gasteiger partial charge on any atom is 0.122 e. The predicted molar refractivity (Wildman–Crippen MR) is 78.4 cm³/mol. The summed E-state index contributed by atoms with van der Waals surface area (Å²) in [5, 5.41) is 13.3. The van der Waals surface area contributed by atoms with E-state index in [0.717, 1.165) is 37.2 Å². The Hall–Kier alpha value is -1.22. The molecule has 1 rings (SSSR count). The number of hydrogen-bond acceptors (Lipinski definition) is 3. The zero-order valence-corrected chi connectivity index (χ0v) is 12.0. The molecule has 0 bridgehead atoms. The molecule has 102 valence electrons. The van der Waals surface area contributed by atoms with E-state index < -0.39 is 0 Å². The average molecular weight is 250 g/mol. The summed E-state index contributed by atoms with van der Waals surface area (Å²) in [7, 11) is 1.90. The Bertz CT molecular complexity index is 360. The number of hydrogen-bond donors (Lipinski definition) is 2. The minimum absolute atomic E-state index is 0.171. The number of anilines is 1. The first-order valence-electron chi connectivity index (χ1n) is 6.89. The van der Waals surface area contributed by atoms with Crippen LogP contribution in [-0.4, -0.2) is 25.2 Å². The van der Waals surface area contributed by atoms with Gasteiger partial charge in [0, 0.05) is 36.4 Å². The van der Waals surface area contributed by atoms with Gasteiger partial charge in [0.2, 0.25) is 0 Å². The molecule has 0 aliphatic heterocycles. The first kappa shape index (κ1) is 14.8. The smallest absolute Gasteiger partial charge is 0.122 e. The molecule has 0 fully saturated rings. The highest BCUT2D eigenvalue weighted by Gasteiger charge is 2.11. The van der Waals surface area contributed by atoms with E-state index in [1.165, 1.54) is 0 Å². The highest BCUT2D eigenvalue weighted by Crippen LogP contribution is 2.29. The molecule has 3 heteroatoms. The monoisotopic (exact) mass is 250 g/mol. The van der Waals surface area contributed by atoms with Crippen LogP contribution < -0.4 is 10.2 Å². The lowest BCUT2D eigenvalue weighted by Gasteiger charge is -2.25. The van der Waals surface area contributed by atoms with E-state index in [1.54, 1.807) is 0 Å². The lowest BCUT2D eigenvalue weighted by atomic mass is 10.1. The van der Waals surface area contributed by atoms with Crippen molar-refractivity contribution in [1.82, 2.24) is 5.32 Å². The van der Waals surface area contributed by atoms with Crippen LogP contribution in [0.5, 0.6) is 5.75 Å². The summed E-state index contributed by atoms with van der Waals surface area (Å²) < 4.78 is 0. The number of rotatable bonds is 7. The topological polar surface area (TPSA) is 35.5 Å². The molecule has 1 aromatic rings. The van der Waals surface area contributed by atoms with E-state index in [0.29, 0.717) is 5.75 Å². The second-order valence-electron chi connectivity index (χ2n) is 4.74. The van der Waals surface area contributed by atoms with Gasteiger partial charge in [0.25, 0.3) is 0 Å². The molecule has 2 N–H and O–H groups in total. The van der Waals surface area contributed by atoms with Gasteiger partial charge in [-0.05, 0) is 32.9 Å². The molecule has 0 saturated carbocycles. The quantitative estimate of drug-likeness (QED) is 0.779. The molecule has 18 heavy (non-hydrogen) atoms. The minimum Gasteiger partial charge on any atom is -0.508 e. The molecule has 0 heterocycles. The molecule has 0 aliphatic carbocycles. The maximum absolute atomic E-state index is 10.1. The van der Waals surface area contributed by atoms with Crippen molar-refractivity contribution in [2.75, 3.05) is 25.0 Å². The van der Waals surface area contributed by atoms with Crippen molar-refractivity contribution in [2.24, 2.45) is 0 Å². The van der Waals surface area contributed by atoms with Crippen molar-refractivity contribution in [3.8, 4) is 5.75 Å². The summed E-state index contributed by atoms with van der Waals surface area (Å²) in [6.45, 7) is 8.48. The number of nitrogens with zero attached hydrogens (tertiary/aromatic N) is 1. The maximum atomic E-state index is 10.1. The van der Waals surface area contributed by atoms with E-state index in [9.17, 15) is 5.11 Å². The van der Waals surface area contributed by atoms with Gasteiger partial charge in [-0.2, -0.15) is 0 Å². The highest BCUT2D eigenvalue weighted by molar-refractivity contribution is 5.54. The Balaban J connectivity index is 2.93. The Morgan fingerprint density at radius 1 is 1.22 bits per heavy atom. The SMILES string of the molecule is CCCN(CCC)c1ccc(C(C)NC)c(O)c1. The Morgan fingerprint density at radius 2 is 1.83 bits per heavy atom. The third-order valence-electron chi connectivity index (χ3n) is 3.27. The second kappa shape index (κ2) is 7.27. The van der Waals surface area contributed by atoms with Crippen LogP contribution in [0.4, 0.5) is 5.69 Å². The van der Waals surface area contributed by atoms with Crippen LogP contribution in [-0.2, 0) is 0 Å². The fourth-order valence-corrected chi connectivity index (χ4v) is 2.16. The molecule has 0 saturated heterocycles. The van der Waals surface area contributed by atoms with Gasteiger partial charge in [-0.1, -0.05) is 19.9 Å². The van der Waals surface area contributed by atoms with E-state index in [2.05, 4.69) is 30.1 Å². The first-order chi connectivity index (χ1) is 8.63. The molecule has 0 amide bonds. The summed E-state index contributed by atoms with van der Waals surface area (Å²) in [6.07, 6.45) is 2.24. The fraction of sp³-hybridized carbons (Fsp3) is 0.600. The Morgan fingerprint density at radius 3 is 2.28 bits per heavy atom. The molecule has 3 nitrogen and oxygen atoms in total. The van der Waals surface area contributed by atoms with E-state index in [4.69, 9.17) is 0 Å². The van der Waals surface area contributed by atoms with Crippen molar-refractivity contribution in [1.29, 1.82) is 0 Å². The summed E-state index contributed by atoms with van der Waals surface area (Å²) in [6, 6.07) is 6.18. The van der Waals surface area contributed by atoms with Crippen LogP contribution in [0.2, 0.25) is 0 Å². The average Bonchev–Trinajstić information content (AvgIpc) is 2.37. The standard InChI is InChI=1S/C15H26N2O/c1-5-9-17(10-6-2)13-7-8-14(12(3)16-4)15(18)11-13/h7-8,11-12,16,18H,5-6,9-10H2,1-4H3. The molecule has 0 aromatic heterocycles. The van der Waals surface area contributed by atoms with Gasteiger partial charge in [-0.25, -0.2) is 0 Å². The van der Waals surface area contributed by atoms with Gasteiger partial charge in [0.15, 0.2) is 0 Å². The number of phenols is 1. The number of benzene rings is 1. The van der Waals surface area contributed by atoms with Crippen LogP contribution >= 0.6 is 0 Å². The fourth-order valence-electron chi connectivity index (χ4n) is 2.16. The Labute approximate surface area is 111 Å².